The molecule has 0 atom stereocenters. The monoisotopic (exact) mass is 466 g/mol. The van der Waals surface area contributed by atoms with Crippen LogP contribution >= 0.6 is 23.2 Å². The molecule has 0 amide bonds. The minimum absolute atomic E-state index is 0.540. The van der Waals surface area contributed by atoms with Gasteiger partial charge in [0.15, 0.2) is 0 Å². The zero-order valence-corrected chi connectivity index (χ0v) is 21.4. The molecule has 31 heavy (non-hydrogen) atoms. The molecule has 2 aromatic rings. The highest BCUT2D eigenvalue weighted by molar-refractivity contribution is 6.42. The summed E-state index contributed by atoms with van der Waals surface area (Å²) < 4.78 is 5.68. The fourth-order valence-electron chi connectivity index (χ4n) is 2.74. The minimum Gasteiger partial charge on any atom is -0.493 e. The highest BCUT2D eigenvalue weighted by Crippen LogP contribution is 2.26. The van der Waals surface area contributed by atoms with Crippen LogP contribution in [0.1, 0.15) is 65.9 Å². The smallest absolute Gasteiger partial charge is 0.120 e. The molecule has 0 aliphatic carbocycles. The first-order valence-corrected chi connectivity index (χ1v) is 12.2. The van der Waals surface area contributed by atoms with Crippen LogP contribution in [-0.4, -0.2) is 36.1 Å². The van der Waals surface area contributed by atoms with Gasteiger partial charge in [0.05, 0.1) is 16.7 Å². The van der Waals surface area contributed by atoms with E-state index >= 15 is 0 Å². The summed E-state index contributed by atoms with van der Waals surface area (Å²) in [5.74, 6) is 0.784. The van der Waals surface area contributed by atoms with Gasteiger partial charge < -0.3 is 9.64 Å². The molecule has 0 N–H and O–H groups in total. The molecule has 0 unspecified atom stereocenters. The van der Waals surface area contributed by atoms with Gasteiger partial charge in [-0.2, -0.15) is 0 Å². The number of ether oxygens (including phenoxy) is 1. The van der Waals surface area contributed by atoms with Gasteiger partial charge in [-0.3, -0.25) is 4.98 Å². The molecule has 0 fully saturated rings. The van der Waals surface area contributed by atoms with E-state index in [4.69, 9.17) is 27.9 Å². The van der Waals surface area contributed by atoms with E-state index in [9.17, 15) is 0 Å². The Morgan fingerprint density at radius 1 is 0.903 bits per heavy atom. The highest BCUT2D eigenvalue weighted by atomic mass is 35.5. The molecule has 1 aromatic heterocycles. The molecule has 3 nitrogen and oxygen atoms in total. The summed E-state index contributed by atoms with van der Waals surface area (Å²) in [6.45, 7) is 14.7. The molecule has 174 valence electrons. The summed E-state index contributed by atoms with van der Waals surface area (Å²) in [6.07, 6.45) is 12.4. The third-order valence-electron chi connectivity index (χ3n) is 4.11. The molecule has 0 aliphatic heterocycles. The van der Waals surface area contributed by atoms with E-state index in [2.05, 4.69) is 42.8 Å². The van der Waals surface area contributed by atoms with E-state index in [0.717, 1.165) is 25.1 Å². The Labute approximate surface area is 200 Å². The first kappa shape index (κ1) is 29.5. The molecule has 0 saturated heterocycles. The zero-order chi connectivity index (χ0) is 23.3. The van der Waals surface area contributed by atoms with Crippen LogP contribution in [0.4, 0.5) is 0 Å². The molecule has 0 saturated carbocycles. The molecule has 1 aromatic carbocycles. The topological polar surface area (TPSA) is 25.4 Å². The van der Waals surface area contributed by atoms with Crippen LogP contribution in [0.2, 0.25) is 10.0 Å². The number of hydrogen-bond donors (Lipinski definition) is 0. The van der Waals surface area contributed by atoms with Crippen molar-refractivity contribution >= 4 is 29.3 Å². The summed E-state index contributed by atoms with van der Waals surface area (Å²) in [6, 6.07) is 9.36. The van der Waals surface area contributed by atoms with Crippen LogP contribution in [0.15, 0.2) is 48.8 Å². The van der Waals surface area contributed by atoms with Gasteiger partial charge in [0.2, 0.25) is 0 Å². The van der Waals surface area contributed by atoms with E-state index in [1.54, 1.807) is 24.5 Å². The summed E-state index contributed by atoms with van der Waals surface area (Å²) in [5, 5.41) is 1.10. The van der Waals surface area contributed by atoms with Crippen molar-refractivity contribution < 1.29 is 4.74 Å². The van der Waals surface area contributed by atoms with Crippen LogP contribution in [0.5, 0.6) is 5.75 Å². The summed E-state index contributed by atoms with van der Waals surface area (Å²) in [5.41, 5.74) is 1.22. The zero-order valence-electron chi connectivity index (χ0n) is 19.9. The van der Waals surface area contributed by atoms with Gasteiger partial charge in [0.25, 0.3) is 0 Å². The molecule has 0 bridgehead atoms. The second kappa shape index (κ2) is 20.4. The minimum atomic E-state index is 0.540. The van der Waals surface area contributed by atoms with E-state index in [1.807, 2.05) is 32.0 Å². The van der Waals surface area contributed by atoms with Crippen molar-refractivity contribution in [2.75, 3.05) is 26.2 Å². The maximum Gasteiger partial charge on any atom is 0.120 e. The van der Waals surface area contributed by atoms with Gasteiger partial charge in [-0.25, -0.2) is 0 Å². The molecule has 2 rings (SSSR count). The molecule has 0 radical (unpaired) electrons. The normalized spacial score (nSPS) is 10.3. The lowest BCUT2D eigenvalue weighted by molar-refractivity contribution is 0.234. The molecule has 5 heteroatoms. The lowest BCUT2D eigenvalue weighted by Gasteiger charge is -2.20. The van der Waals surface area contributed by atoms with Crippen molar-refractivity contribution in [1.29, 1.82) is 0 Å². The van der Waals surface area contributed by atoms with Gasteiger partial charge in [0.1, 0.15) is 5.75 Å². The van der Waals surface area contributed by atoms with Crippen LogP contribution in [0.3, 0.4) is 0 Å². The fourth-order valence-corrected chi connectivity index (χ4v) is 3.03. The maximum absolute atomic E-state index is 5.94. The van der Waals surface area contributed by atoms with Crippen molar-refractivity contribution in [3.05, 3.63) is 64.4 Å². The average Bonchev–Trinajstić information content (AvgIpc) is 2.80. The molecule has 0 aliphatic rings. The van der Waals surface area contributed by atoms with E-state index in [-0.39, 0.29) is 0 Å². The largest absolute Gasteiger partial charge is 0.493 e. The van der Waals surface area contributed by atoms with E-state index in [0.29, 0.717) is 16.7 Å². The van der Waals surface area contributed by atoms with Gasteiger partial charge >= 0.3 is 0 Å². The number of halogens is 2. The molecule has 0 spiro atoms. The lowest BCUT2D eigenvalue weighted by atomic mass is 10.2. The van der Waals surface area contributed by atoms with Gasteiger partial charge in [-0.15, -0.1) is 0 Å². The number of hydrogen-bond acceptors (Lipinski definition) is 3. The maximum atomic E-state index is 5.94. The number of benzene rings is 1. The van der Waals surface area contributed by atoms with Gasteiger partial charge in [0, 0.05) is 25.0 Å². The van der Waals surface area contributed by atoms with E-state index in [1.165, 1.54) is 31.5 Å². The van der Waals surface area contributed by atoms with Crippen LogP contribution in [-0.2, 0) is 0 Å². The first-order valence-electron chi connectivity index (χ1n) is 11.5. The third kappa shape index (κ3) is 15.0. The third-order valence-corrected chi connectivity index (χ3v) is 4.85. The SMILES string of the molecule is CC.CC/C=C/c1ccncc1.CCCN(CCC)CCCOc1ccc(Cl)c(Cl)c1. The van der Waals surface area contributed by atoms with Crippen LogP contribution in [0.25, 0.3) is 6.08 Å². The second-order valence-corrected chi connectivity index (χ2v) is 7.53. The second-order valence-electron chi connectivity index (χ2n) is 6.71. The Bertz CT molecular complexity index is 687. The van der Waals surface area contributed by atoms with Crippen LogP contribution in [0, 0.1) is 0 Å². The van der Waals surface area contributed by atoms with E-state index < -0.39 is 0 Å². The first-order chi connectivity index (χ1) is 15.1. The number of pyridine rings is 1. The number of nitrogens with zero attached hydrogens (tertiary/aromatic N) is 2. The number of rotatable bonds is 11. The standard InChI is InChI=1S/C15H23Cl2NO.C9H11N.C2H6/c1-3-8-18(9-4-2)10-5-11-19-13-6-7-14(16)15(17)12-13;1-2-3-4-9-5-7-10-8-6-9;1-2/h6-7,12H,3-5,8-11H2,1-2H3;3-8H,2H2,1H3;1-2H3/b;4-3+;. The highest BCUT2D eigenvalue weighted by Gasteiger charge is 2.03. The number of allylic oxidation sites excluding steroid dienone is 1. The number of aromatic nitrogens is 1. The Balaban J connectivity index is 0.000000628. The summed E-state index contributed by atoms with van der Waals surface area (Å²) in [7, 11) is 0. The Morgan fingerprint density at radius 3 is 2.10 bits per heavy atom. The van der Waals surface area contributed by atoms with Crippen molar-refractivity contribution in [2.45, 2.75) is 60.3 Å². The molecular weight excluding hydrogens is 427 g/mol. The van der Waals surface area contributed by atoms with Crippen LogP contribution < -0.4 is 4.74 Å². The fraction of sp³-hybridized carbons (Fsp3) is 0.500. The average molecular weight is 468 g/mol. The Morgan fingerprint density at radius 2 is 1.55 bits per heavy atom. The summed E-state index contributed by atoms with van der Waals surface area (Å²) >= 11 is 11.8. The predicted molar refractivity (Wildman–Crippen MR) is 139 cm³/mol. The van der Waals surface area contributed by atoms with Gasteiger partial charge in [-0.1, -0.05) is 70.0 Å². The van der Waals surface area contributed by atoms with Crippen molar-refractivity contribution in [3.63, 3.8) is 0 Å². The molecular formula is C26H40Cl2N2O. The predicted octanol–water partition coefficient (Wildman–Crippen LogP) is 8.42. The molecule has 1 heterocycles. The van der Waals surface area contributed by atoms with Crippen molar-refractivity contribution in [1.82, 2.24) is 9.88 Å². The summed E-state index contributed by atoms with van der Waals surface area (Å²) in [4.78, 5) is 6.40. The Hall–Kier alpha value is -1.55. The Kier molecular flexibility index (Phi) is 19.3. The quantitative estimate of drug-likeness (QED) is 0.310. The van der Waals surface area contributed by atoms with Crippen molar-refractivity contribution in [2.24, 2.45) is 0 Å². The lowest BCUT2D eigenvalue weighted by Crippen LogP contribution is -2.27. The van der Waals surface area contributed by atoms with Gasteiger partial charge in [-0.05, 0) is 68.6 Å². The van der Waals surface area contributed by atoms with Crippen molar-refractivity contribution in [3.8, 4) is 5.75 Å².